The van der Waals surface area contributed by atoms with E-state index in [0.29, 0.717) is 5.92 Å². The van der Waals surface area contributed by atoms with E-state index >= 15 is 0 Å². The van der Waals surface area contributed by atoms with Gasteiger partial charge in [0.15, 0.2) is 0 Å². The Hall–Kier alpha value is -0.730. The largest absolute Gasteiger partial charge is 0.443 e. The third-order valence-electron chi connectivity index (χ3n) is 2.90. The van der Waals surface area contributed by atoms with Crippen LogP contribution in [0.1, 0.15) is 40.5 Å². The lowest BCUT2D eigenvalue weighted by Gasteiger charge is -2.26. The lowest BCUT2D eigenvalue weighted by atomic mass is 10.1. The predicted molar refractivity (Wildman–Crippen MR) is 56.2 cm³/mol. The molecule has 0 aromatic carbocycles. The minimum Gasteiger partial charge on any atom is -0.443 e. The van der Waals surface area contributed by atoms with Crippen molar-refractivity contribution in [3.05, 3.63) is 0 Å². The normalized spacial score (nSPS) is 22.6. The summed E-state index contributed by atoms with van der Waals surface area (Å²) in [6, 6.07) is 0. The van der Waals surface area contributed by atoms with Crippen molar-refractivity contribution in [2.75, 3.05) is 13.1 Å². The molecular weight excluding hydrogens is 178 g/mol. The van der Waals surface area contributed by atoms with Crippen LogP contribution in [-0.2, 0) is 4.74 Å². The van der Waals surface area contributed by atoms with Gasteiger partial charge in [-0.1, -0.05) is 13.8 Å². The van der Waals surface area contributed by atoms with Crippen LogP contribution in [-0.4, -0.2) is 29.7 Å². The molecule has 1 saturated heterocycles. The van der Waals surface area contributed by atoms with Crippen molar-refractivity contribution in [2.24, 2.45) is 5.92 Å². The monoisotopic (exact) mass is 199 g/mol. The second kappa shape index (κ2) is 4.20. The fraction of sp³-hybridized carbons (Fsp3) is 0.909. The maximum Gasteiger partial charge on any atom is 0.410 e. The Bertz CT molecular complexity index is 213. The first kappa shape index (κ1) is 11.3. The molecule has 0 saturated carbocycles. The molecule has 0 radical (unpaired) electrons. The minimum absolute atomic E-state index is 0.152. The van der Waals surface area contributed by atoms with Gasteiger partial charge in [-0.05, 0) is 32.6 Å². The first-order valence-electron chi connectivity index (χ1n) is 5.42. The quantitative estimate of drug-likeness (QED) is 0.684. The molecule has 1 aliphatic rings. The zero-order chi connectivity index (χ0) is 10.8. The molecule has 0 bridgehead atoms. The van der Waals surface area contributed by atoms with E-state index in [1.54, 1.807) is 0 Å². The van der Waals surface area contributed by atoms with Crippen molar-refractivity contribution >= 4 is 6.09 Å². The zero-order valence-corrected chi connectivity index (χ0v) is 9.67. The summed E-state index contributed by atoms with van der Waals surface area (Å²) in [4.78, 5) is 13.5. The van der Waals surface area contributed by atoms with Crippen molar-refractivity contribution in [2.45, 2.75) is 46.1 Å². The first-order chi connectivity index (χ1) is 6.44. The Morgan fingerprint density at radius 1 is 1.57 bits per heavy atom. The van der Waals surface area contributed by atoms with Crippen LogP contribution >= 0.6 is 0 Å². The molecule has 1 aliphatic heterocycles. The fourth-order valence-corrected chi connectivity index (χ4v) is 1.47. The van der Waals surface area contributed by atoms with Gasteiger partial charge in [0.1, 0.15) is 5.60 Å². The van der Waals surface area contributed by atoms with Crippen LogP contribution in [0.15, 0.2) is 0 Å². The smallest absolute Gasteiger partial charge is 0.410 e. The summed E-state index contributed by atoms with van der Waals surface area (Å²) in [7, 11) is 0. The highest BCUT2D eigenvalue weighted by Gasteiger charge is 2.28. The van der Waals surface area contributed by atoms with Crippen LogP contribution in [0, 0.1) is 5.92 Å². The standard InChI is InChI=1S/C11H21NO2/c1-5-11(3,4)14-10(13)12-7-6-9(2)8-12/h9H,5-8H2,1-4H3. The summed E-state index contributed by atoms with van der Waals surface area (Å²) in [5.41, 5.74) is -0.330. The third-order valence-corrected chi connectivity index (χ3v) is 2.90. The van der Waals surface area contributed by atoms with Gasteiger partial charge in [0, 0.05) is 13.1 Å². The van der Waals surface area contributed by atoms with Gasteiger partial charge < -0.3 is 9.64 Å². The van der Waals surface area contributed by atoms with Gasteiger partial charge in [-0.3, -0.25) is 0 Å². The molecule has 1 heterocycles. The fourth-order valence-electron chi connectivity index (χ4n) is 1.47. The Balaban J connectivity index is 2.43. The van der Waals surface area contributed by atoms with E-state index in [-0.39, 0.29) is 11.7 Å². The number of amides is 1. The maximum absolute atomic E-state index is 11.7. The van der Waals surface area contributed by atoms with Crippen LogP contribution in [0.2, 0.25) is 0 Å². The Morgan fingerprint density at radius 3 is 2.64 bits per heavy atom. The van der Waals surface area contributed by atoms with E-state index in [1.807, 2.05) is 25.7 Å². The van der Waals surface area contributed by atoms with Gasteiger partial charge in [0.05, 0.1) is 0 Å². The highest BCUT2D eigenvalue weighted by Crippen LogP contribution is 2.20. The lowest BCUT2D eigenvalue weighted by molar-refractivity contribution is 0.0148. The molecule has 0 aliphatic carbocycles. The van der Waals surface area contributed by atoms with Gasteiger partial charge in [0.25, 0.3) is 0 Å². The van der Waals surface area contributed by atoms with E-state index in [2.05, 4.69) is 6.92 Å². The summed E-state index contributed by atoms with van der Waals surface area (Å²) in [5, 5.41) is 0. The van der Waals surface area contributed by atoms with Crippen molar-refractivity contribution in [1.29, 1.82) is 0 Å². The number of hydrogen-bond donors (Lipinski definition) is 0. The van der Waals surface area contributed by atoms with Crippen molar-refractivity contribution in [3.63, 3.8) is 0 Å². The maximum atomic E-state index is 11.7. The van der Waals surface area contributed by atoms with Crippen LogP contribution in [0.3, 0.4) is 0 Å². The Morgan fingerprint density at radius 2 is 2.21 bits per heavy atom. The summed E-state index contributed by atoms with van der Waals surface area (Å²) in [5.74, 6) is 0.618. The van der Waals surface area contributed by atoms with E-state index in [0.717, 1.165) is 25.9 Å². The topological polar surface area (TPSA) is 29.5 Å². The highest BCUT2D eigenvalue weighted by atomic mass is 16.6. The predicted octanol–water partition coefficient (Wildman–Crippen LogP) is 2.65. The number of carbonyl (C=O) groups excluding carboxylic acids is 1. The molecule has 0 spiro atoms. The molecule has 14 heavy (non-hydrogen) atoms. The molecule has 1 amide bonds. The number of nitrogens with zero attached hydrogens (tertiary/aromatic N) is 1. The second-order valence-corrected chi connectivity index (χ2v) is 4.82. The molecule has 3 nitrogen and oxygen atoms in total. The number of hydrogen-bond acceptors (Lipinski definition) is 2. The average molecular weight is 199 g/mol. The first-order valence-corrected chi connectivity index (χ1v) is 5.42. The summed E-state index contributed by atoms with van der Waals surface area (Å²) >= 11 is 0. The highest BCUT2D eigenvalue weighted by molar-refractivity contribution is 5.68. The molecule has 3 heteroatoms. The number of rotatable bonds is 2. The summed E-state index contributed by atoms with van der Waals surface area (Å²) < 4.78 is 5.41. The number of likely N-dealkylation sites (tertiary alicyclic amines) is 1. The lowest BCUT2D eigenvalue weighted by Crippen LogP contribution is -2.36. The van der Waals surface area contributed by atoms with Gasteiger partial charge in [-0.2, -0.15) is 0 Å². The molecule has 1 atom stereocenters. The van der Waals surface area contributed by atoms with E-state index in [4.69, 9.17) is 4.74 Å². The molecule has 0 N–H and O–H groups in total. The summed E-state index contributed by atoms with van der Waals surface area (Å²) in [6.07, 6.45) is 1.80. The molecule has 1 fully saturated rings. The van der Waals surface area contributed by atoms with Crippen molar-refractivity contribution in [1.82, 2.24) is 4.90 Å². The van der Waals surface area contributed by atoms with Gasteiger partial charge in [-0.25, -0.2) is 4.79 Å². The summed E-state index contributed by atoms with van der Waals surface area (Å²) in [6.45, 7) is 9.78. The van der Waals surface area contributed by atoms with E-state index in [9.17, 15) is 4.79 Å². The molecule has 82 valence electrons. The Labute approximate surface area is 86.4 Å². The van der Waals surface area contributed by atoms with Gasteiger partial charge in [-0.15, -0.1) is 0 Å². The zero-order valence-electron chi connectivity index (χ0n) is 9.67. The van der Waals surface area contributed by atoms with Gasteiger partial charge >= 0.3 is 6.09 Å². The molecule has 1 rings (SSSR count). The van der Waals surface area contributed by atoms with Crippen molar-refractivity contribution < 1.29 is 9.53 Å². The average Bonchev–Trinajstić information content (AvgIpc) is 2.51. The SMILES string of the molecule is CCC(C)(C)OC(=O)N1CCC(C)C1. The van der Waals surface area contributed by atoms with Crippen LogP contribution in [0.5, 0.6) is 0 Å². The molecule has 0 aromatic rings. The minimum atomic E-state index is -0.330. The Kier molecular flexibility index (Phi) is 3.40. The van der Waals surface area contributed by atoms with Gasteiger partial charge in [0.2, 0.25) is 0 Å². The van der Waals surface area contributed by atoms with Crippen LogP contribution in [0.25, 0.3) is 0 Å². The second-order valence-electron chi connectivity index (χ2n) is 4.82. The number of carbonyl (C=O) groups is 1. The third kappa shape index (κ3) is 2.89. The molecule has 0 aromatic heterocycles. The number of ether oxygens (including phenoxy) is 1. The molecule has 1 unspecified atom stereocenters. The van der Waals surface area contributed by atoms with E-state index < -0.39 is 0 Å². The van der Waals surface area contributed by atoms with Crippen LogP contribution < -0.4 is 0 Å². The van der Waals surface area contributed by atoms with E-state index in [1.165, 1.54) is 0 Å². The van der Waals surface area contributed by atoms with Crippen molar-refractivity contribution in [3.8, 4) is 0 Å². The molecular formula is C11H21NO2. The van der Waals surface area contributed by atoms with Crippen LogP contribution in [0.4, 0.5) is 4.79 Å².